The maximum atomic E-state index is 13.7. The molecule has 1 aromatic carbocycles. The number of benzene rings is 1. The van der Waals surface area contributed by atoms with Gasteiger partial charge in [0.1, 0.15) is 0 Å². The Morgan fingerprint density at radius 2 is 1.46 bits per heavy atom. The van der Waals surface area contributed by atoms with Gasteiger partial charge in [0, 0.05) is 13.6 Å². The summed E-state index contributed by atoms with van der Waals surface area (Å²) < 4.78 is 38.8. The average Bonchev–Trinajstić information content (AvgIpc) is 2.72. The highest BCUT2D eigenvalue weighted by atomic mass is 32.2. The van der Waals surface area contributed by atoms with Crippen LogP contribution in [0.25, 0.3) is 0 Å². The van der Waals surface area contributed by atoms with Crippen LogP contribution in [0.15, 0.2) is 18.2 Å². The van der Waals surface area contributed by atoms with Gasteiger partial charge < -0.3 is 9.47 Å². The predicted octanol–water partition coefficient (Wildman–Crippen LogP) is 4.89. The van der Waals surface area contributed by atoms with Gasteiger partial charge in [-0.05, 0) is 55.2 Å². The first kappa shape index (κ1) is 24.8. The molecule has 1 rings (SSSR count). The van der Waals surface area contributed by atoms with Crippen molar-refractivity contribution in [1.29, 1.82) is 0 Å². The van der Waals surface area contributed by atoms with E-state index in [0.29, 0.717) is 37.3 Å². The molecular weight excluding hydrogens is 374 g/mol. The normalized spacial score (nSPS) is 13.0. The number of nitrogens with zero attached hydrogens (tertiary/aromatic N) is 1. The van der Waals surface area contributed by atoms with Crippen molar-refractivity contribution in [3.8, 4) is 11.5 Å². The molecule has 162 valence electrons. The van der Waals surface area contributed by atoms with Crippen LogP contribution in [0.5, 0.6) is 11.5 Å². The number of rotatable bonds is 12. The van der Waals surface area contributed by atoms with E-state index in [4.69, 9.17) is 9.47 Å². The van der Waals surface area contributed by atoms with Gasteiger partial charge in [-0.3, -0.25) is 0 Å². The van der Waals surface area contributed by atoms with Crippen molar-refractivity contribution in [2.45, 2.75) is 71.5 Å². The molecule has 0 aliphatic heterocycles. The molecule has 1 aromatic rings. The quantitative estimate of drug-likeness (QED) is 0.489. The smallest absolute Gasteiger partial charge is 0.220 e. The van der Waals surface area contributed by atoms with Gasteiger partial charge >= 0.3 is 0 Å². The zero-order valence-corrected chi connectivity index (χ0v) is 19.8. The van der Waals surface area contributed by atoms with E-state index in [-0.39, 0.29) is 5.41 Å². The van der Waals surface area contributed by atoms with Gasteiger partial charge in [0.25, 0.3) is 0 Å². The molecule has 0 radical (unpaired) electrons. The van der Waals surface area contributed by atoms with Crippen LogP contribution < -0.4 is 9.47 Å². The first-order chi connectivity index (χ1) is 13.1. The molecule has 0 amide bonds. The van der Waals surface area contributed by atoms with Crippen molar-refractivity contribution < 1.29 is 17.9 Å². The van der Waals surface area contributed by atoms with Gasteiger partial charge in [0.05, 0.1) is 19.0 Å². The standard InChI is InChI=1S/C22H39NO4S/c1-9-21(5,10-2)22(11-3,12-4)28(24,25)23(6)16-15-18-13-14-19(26-7)20(17-18)27-8/h13-14,17H,9-12,15-16H2,1-8H3. The minimum atomic E-state index is -3.47. The van der Waals surface area contributed by atoms with Gasteiger partial charge in [-0.1, -0.05) is 40.7 Å². The molecule has 0 atom stereocenters. The summed E-state index contributed by atoms with van der Waals surface area (Å²) in [5.41, 5.74) is 0.763. The van der Waals surface area contributed by atoms with Crippen LogP contribution in [0, 0.1) is 5.41 Å². The number of hydrogen-bond acceptors (Lipinski definition) is 4. The van der Waals surface area contributed by atoms with Crippen molar-refractivity contribution in [3.05, 3.63) is 23.8 Å². The van der Waals surface area contributed by atoms with Crippen molar-refractivity contribution in [1.82, 2.24) is 4.31 Å². The van der Waals surface area contributed by atoms with Crippen LogP contribution in [-0.2, 0) is 16.4 Å². The van der Waals surface area contributed by atoms with Crippen LogP contribution in [-0.4, -0.2) is 45.3 Å². The Morgan fingerprint density at radius 3 is 1.89 bits per heavy atom. The molecule has 0 unspecified atom stereocenters. The number of likely N-dealkylation sites (N-methyl/N-ethyl adjacent to an activating group) is 1. The Kier molecular flexibility index (Phi) is 8.82. The lowest BCUT2D eigenvalue weighted by molar-refractivity contribution is 0.172. The van der Waals surface area contributed by atoms with E-state index >= 15 is 0 Å². The highest BCUT2D eigenvalue weighted by molar-refractivity contribution is 7.90. The summed E-state index contributed by atoms with van der Waals surface area (Å²) in [6.45, 7) is 10.8. The fraction of sp³-hybridized carbons (Fsp3) is 0.727. The van der Waals surface area contributed by atoms with Gasteiger partial charge in [-0.25, -0.2) is 12.7 Å². The largest absolute Gasteiger partial charge is 0.493 e. The monoisotopic (exact) mass is 413 g/mol. The van der Waals surface area contributed by atoms with E-state index in [9.17, 15) is 8.42 Å². The van der Waals surface area contributed by atoms with Crippen LogP contribution in [0.3, 0.4) is 0 Å². The molecule has 0 saturated heterocycles. The highest BCUT2D eigenvalue weighted by Crippen LogP contribution is 2.48. The second-order valence-electron chi connectivity index (χ2n) is 7.74. The minimum absolute atomic E-state index is 0.257. The van der Waals surface area contributed by atoms with Crippen molar-refractivity contribution in [2.24, 2.45) is 5.41 Å². The summed E-state index contributed by atoms with van der Waals surface area (Å²) in [5.74, 6) is 1.33. The second kappa shape index (κ2) is 9.97. The third-order valence-electron chi connectivity index (χ3n) is 6.87. The van der Waals surface area contributed by atoms with Crippen LogP contribution in [0.2, 0.25) is 0 Å². The molecule has 28 heavy (non-hydrogen) atoms. The lowest BCUT2D eigenvalue weighted by Crippen LogP contribution is -2.56. The SMILES string of the molecule is CCC(C)(CC)C(CC)(CC)S(=O)(=O)N(C)CCc1ccc(OC)c(OC)c1. The fourth-order valence-electron chi connectivity index (χ4n) is 4.42. The van der Waals surface area contributed by atoms with Crippen LogP contribution >= 0.6 is 0 Å². The molecule has 0 fully saturated rings. The van der Waals surface area contributed by atoms with Crippen molar-refractivity contribution >= 4 is 10.0 Å². The zero-order chi connectivity index (χ0) is 21.6. The molecule has 0 saturated carbocycles. The lowest BCUT2D eigenvalue weighted by atomic mass is 9.69. The molecule has 0 aliphatic rings. The summed E-state index contributed by atoms with van der Waals surface area (Å²) in [6.07, 6.45) is 3.53. The summed E-state index contributed by atoms with van der Waals surface area (Å²) in [7, 11) is 1.45. The van der Waals surface area contributed by atoms with Gasteiger partial charge in [-0.2, -0.15) is 0 Å². The van der Waals surface area contributed by atoms with Crippen molar-refractivity contribution in [2.75, 3.05) is 27.8 Å². The van der Waals surface area contributed by atoms with Crippen LogP contribution in [0.1, 0.15) is 65.9 Å². The van der Waals surface area contributed by atoms with Gasteiger partial charge in [0.2, 0.25) is 10.0 Å². The maximum Gasteiger partial charge on any atom is 0.220 e. The summed E-state index contributed by atoms with van der Waals surface area (Å²) >= 11 is 0. The molecule has 6 heteroatoms. The first-order valence-electron chi connectivity index (χ1n) is 10.3. The molecule has 0 aliphatic carbocycles. The number of sulfonamides is 1. The predicted molar refractivity (Wildman–Crippen MR) is 117 cm³/mol. The molecule has 0 spiro atoms. The Morgan fingerprint density at radius 1 is 0.929 bits per heavy atom. The Balaban J connectivity index is 3.13. The summed E-state index contributed by atoms with van der Waals surface area (Å²) in [6, 6.07) is 5.72. The third-order valence-corrected chi connectivity index (χ3v) is 9.93. The molecule has 0 aromatic heterocycles. The third kappa shape index (κ3) is 4.33. The van der Waals surface area contributed by atoms with Crippen LogP contribution in [0.4, 0.5) is 0 Å². The molecule has 0 bridgehead atoms. The van der Waals surface area contributed by atoms with Crippen molar-refractivity contribution in [3.63, 3.8) is 0 Å². The average molecular weight is 414 g/mol. The van der Waals surface area contributed by atoms with E-state index in [0.717, 1.165) is 18.4 Å². The molecular formula is C22H39NO4S. The topological polar surface area (TPSA) is 55.8 Å². The number of hydrogen-bond donors (Lipinski definition) is 0. The second-order valence-corrected chi connectivity index (χ2v) is 10.1. The Hall–Kier alpha value is -1.27. The minimum Gasteiger partial charge on any atom is -0.493 e. The van der Waals surface area contributed by atoms with E-state index in [2.05, 4.69) is 20.8 Å². The summed E-state index contributed by atoms with van der Waals surface area (Å²) in [4.78, 5) is 0. The zero-order valence-electron chi connectivity index (χ0n) is 19.0. The highest BCUT2D eigenvalue weighted by Gasteiger charge is 2.54. The summed E-state index contributed by atoms with van der Waals surface area (Å²) in [5, 5.41) is 0. The fourth-order valence-corrected chi connectivity index (χ4v) is 6.98. The van der Waals surface area contributed by atoms with Gasteiger partial charge in [0.15, 0.2) is 11.5 Å². The van der Waals surface area contributed by atoms with E-state index in [1.54, 1.807) is 25.6 Å². The van der Waals surface area contributed by atoms with E-state index < -0.39 is 14.8 Å². The maximum absolute atomic E-state index is 13.7. The lowest BCUT2D eigenvalue weighted by Gasteiger charge is -2.48. The number of ether oxygens (including phenoxy) is 2. The molecule has 0 heterocycles. The molecule has 0 N–H and O–H groups in total. The van der Waals surface area contributed by atoms with E-state index in [1.807, 2.05) is 32.0 Å². The molecule has 5 nitrogen and oxygen atoms in total. The Labute approximate surface area is 172 Å². The van der Waals surface area contributed by atoms with E-state index in [1.165, 1.54) is 0 Å². The van der Waals surface area contributed by atoms with Gasteiger partial charge in [-0.15, -0.1) is 0 Å². The Bertz CT molecular complexity index is 722. The first-order valence-corrected chi connectivity index (χ1v) is 11.7. The number of methoxy groups -OCH3 is 2.